The Hall–Kier alpha value is 0.577. The van der Waals surface area contributed by atoms with Crippen molar-refractivity contribution in [3.05, 3.63) is 0 Å². The molecule has 0 amide bonds. The third-order valence-corrected chi connectivity index (χ3v) is 12.2. The summed E-state index contributed by atoms with van der Waals surface area (Å²) in [5, 5.41) is 0. The van der Waals surface area contributed by atoms with Crippen LogP contribution in [0.5, 0.6) is 0 Å². The zero-order valence-corrected chi connectivity index (χ0v) is 12.9. The fourth-order valence-electron chi connectivity index (χ4n) is 1.48. The van der Waals surface area contributed by atoms with Gasteiger partial charge in [0.05, 0.1) is 0 Å². The summed E-state index contributed by atoms with van der Waals surface area (Å²) >= 11 is 3.98. The van der Waals surface area contributed by atoms with Crippen LogP contribution < -0.4 is 0 Å². The van der Waals surface area contributed by atoms with Crippen molar-refractivity contribution in [2.45, 2.75) is 20.8 Å². The minimum Gasteiger partial charge on any atom is -0.294 e. The Morgan fingerprint density at radius 3 is 1.14 bits per heavy atom. The highest BCUT2D eigenvalue weighted by Gasteiger charge is 2.43. The van der Waals surface area contributed by atoms with Crippen molar-refractivity contribution >= 4 is 22.5 Å². The third-order valence-electron chi connectivity index (χ3n) is 2.88. The largest absolute Gasteiger partial charge is 0.364 e. The molecule has 0 fully saturated rings. The third kappa shape index (κ3) is 2.79. The Bertz CT molecular complexity index is 142. The second kappa shape index (κ2) is 6.22. The molecule has 0 aliphatic carbocycles. The lowest BCUT2D eigenvalue weighted by Crippen LogP contribution is -2.68. The summed E-state index contributed by atoms with van der Waals surface area (Å²) in [7, 11) is 4.83. The van der Waals surface area contributed by atoms with Crippen LogP contribution in [0.4, 0.5) is 0 Å². The van der Waals surface area contributed by atoms with E-state index < -0.39 is 7.18 Å². The summed E-state index contributed by atoms with van der Waals surface area (Å²) < 4.78 is 7.29. The molecule has 0 aromatic carbocycles. The second-order valence-electron chi connectivity index (χ2n) is 3.60. The molecule has 0 radical (unpaired) electrons. The van der Waals surface area contributed by atoms with Crippen LogP contribution in [0.25, 0.3) is 0 Å². The van der Waals surface area contributed by atoms with Crippen LogP contribution in [0.15, 0.2) is 0 Å². The Kier molecular flexibility index (Phi) is 6.48. The van der Waals surface area contributed by atoms with Crippen molar-refractivity contribution in [2.24, 2.45) is 0 Å². The summed E-state index contributed by atoms with van der Waals surface area (Å²) in [4.78, 5) is 0. The molecule has 0 aromatic heterocycles. The molecule has 5 heteroatoms. The predicted octanol–water partition coefficient (Wildman–Crippen LogP) is 1.67. The monoisotopic (exact) mass is 281 g/mol. The summed E-state index contributed by atoms with van der Waals surface area (Å²) in [5.74, 6) is 0. The molecule has 0 saturated heterocycles. The van der Waals surface area contributed by atoms with E-state index in [-0.39, 0.29) is 0 Å². The number of nitrogens with zero attached hydrogens (tertiary/aromatic N) is 3. The Morgan fingerprint density at radius 2 is 1.00 bits per heavy atom. The molecular formula is C9H24BrN3Si. The van der Waals surface area contributed by atoms with Gasteiger partial charge < -0.3 is 0 Å². The van der Waals surface area contributed by atoms with Crippen LogP contribution in [-0.2, 0) is 0 Å². The molecule has 0 rings (SSSR count). The summed E-state index contributed by atoms with van der Waals surface area (Å²) in [6.45, 7) is 9.84. The van der Waals surface area contributed by atoms with Crippen molar-refractivity contribution in [3.63, 3.8) is 0 Å². The van der Waals surface area contributed by atoms with E-state index >= 15 is 0 Å². The van der Waals surface area contributed by atoms with Gasteiger partial charge in [-0.1, -0.05) is 36.1 Å². The second-order valence-corrected chi connectivity index (χ2v) is 10.2. The molecule has 86 valence electrons. The van der Waals surface area contributed by atoms with Gasteiger partial charge in [0.1, 0.15) is 0 Å². The highest BCUT2D eigenvalue weighted by Crippen LogP contribution is 2.22. The van der Waals surface area contributed by atoms with E-state index in [2.05, 4.69) is 70.9 Å². The summed E-state index contributed by atoms with van der Waals surface area (Å²) in [6.07, 6.45) is 0. The molecule has 0 unspecified atom stereocenters. The molecule has 0 heterocycles. The predicted molar refractivity (Wildman–Crippen MR) is 69.6 cm³/mol. The number of hydrogen-bond acceptors (Lipinski definition) is 3. The Morgan fingerprint density at radius 1 is 0.786 bits per heavy atom. The molecule has 0 saturated carbocycles. The highest BCUT2D eigenvalue weighted by molar-refractivity contribution is 9.25. The van der Waals surface area contributed by atoms with E-state index in [4.69, 9.17) is 0 Å². The average molecular weight is 282 g/mol. The number of hydrogen-bond donors (Lipinski definition) is 0. The zero-order chi connectivity index (χ0) is 11.4. The van der Waals surface area contributed by atoms with Gasteiger partial charge in [-0.05, 0) is 40.8 Å². The molecule has 14 heavy (non-hydrogen) atoms. The fourth-order valence-corrected chi connectivity index (χ4v) is 6.69. The Labute approximate surface area is 97.9 Å². The average Bonchev–Trinajstić information content (AvgIpc) is 2.24. The molecule has 0 bridgehead atoms. The minimum atomic E-state index is -1.75. The van der Waals surface area contributed by atoms with Gasteiger partial charge in [0.2, 0.25) is 0 Å². The first-order chi connectivity index (χ1) is 6.44. The van der Waals surface area contributed by atoms with Crippen molar-refractivity contribution in [1.82, 2.24) is 13.7 Å². The fraction of sp³-hybridized carbons (Fsp3) is 1.00. The molecule has 0 atom stereocenters. The van der Waals surface area contributed by atoms with Gasteiger partial charge in [-0.25, -0.2) is 0 Å². The van der Waals surface area contributed by atoms with Gasteiger partial charge in [0.15, 0.2) is 0 Å². The normalized spacial score (nSPS) is 13.3. The van der Waals surface area contributed by atoms with Gasteiger partial charge in [0.25, 0.3) is 0 Å². The van der Waals surface area contributed by atoms with Crippen molar-refractivity contribution in [3.8, 4) is 0 Å². The molecular weight excluding hydrogens is 258 g/mol. The minimum absolute atomic E-state index is 1.08. The maximum Gasteiger partial charge on any atom is 0.364 e. The first-order valence-corrected chi connectivity index (χ1v) is 9.37. The first-order valence-electron chi connectivity index (χ1n) is 5.27. The van der Waals surface area contributed by atoms with Gasteiger partial charge in [-0.3, -0.25) is 13.7 Å². The van der Waals surface area contributed by atoms with Gasteiger partial charge in [-0.2, -0.15) is 0 Å². The van der Waals surface area contributed by atoms with Crippen molar-refractivity contribution in [1.29, 1.82) is 0 Å². The van der Waals surface area contributed by atoms with Crippen molar-refractivity contribution < 1.29 is 0 Å². The highest BCUT2D eigenvalue weighted by atomic mass is 79.9. The van der Waals surface area contributed by atoms with E-state index in [0.717, 1.165) is 19.6 Å². The molecule has 0 aromatic rings. The van der Waals surface area contributed by atoms with Gasteiger partial charge in [0, 0.05) is 0 Å². The van der Waals surface area contributed by atoms with Crippen LogP contribution in [-0.4, -0.2) is 61.7 Å². The van der Waals surface area contributed by atoms with Gasteiger partial charge >= 0.3 is 7.18 Å². The van der Waals surface area contributed by atoms with Crippen LogP contribution in [0.1, 0.15) is 20.8 Å². The molecule has 0 aliphatic heterocycles. The van der Waals surface area contributed by atoms with Gasteiger partial charge in [-0.15, -0.1) is 0 Å². The first kappa shape index (κ1) is 14.6. The van der Waals surface area contributed by atoms with E-state index in [9.17, 15) is 0 Å². The maximum atomic E-state index is 3.98. The van der Waals surface area contributed by atoms with Crippen molar-refractivity contribution in [2.75, 3.05) is 40.8 Å². The molecule has 0 N–H and O–H groups in total. The quantitative estimate of drug-likeness (QED) is 0.542. The lowest BCUT2D eigenvalue weighted by Gasteiger charge is -2.45. The molecule has 0 aliphatic rings. The summed E-state index contributed by atoms with van der Waals surface area (Å²) in [6, 6.07) is 0. The lowest BCUT2D eigenvalue weighted by atomic mass is 10.8. The van der Waals surface area contributed by atoms with Crippen LogP contribution in [0.2, 0.25) is 0 Å². The molecule has 3 nitrogen and oxygen atoms in total. The van der Waals surface area contributed by atoms with Crippen LogP contribution in [0.3, 0.4) is 0 Å². The number of rotatable bonds is 6. The van der Waals surface area contributed by atoms with E-state index in [1.54, 1.807) is 0 Å². The maximum absolute atomic E-state index is 3.98. The van der Waals surface area contributed by atoms with E-state index in [0.29, 0.717) is 0 Å². The van der Waals surface area contributed by atoms with E-state index in [1.807, 2.05) is 0 Å². The Balaban J connectivity index is 4.83. The van der Waals surface area contributed by atoms with E-state index in [1.165, 1.54) is 0 Å². The zero-order valence-electron chi connectivity index (χ0n) is 10.3. The number of halogens is 1. The smallest absolute Gasteiger partial charge is 0.294 e. The topological polar surface area (TPSA) is 9.72 Å². The SMILES string of the molecule is CCN(C)[Si](Br)(N(C)CC)N(C)CC. The van der Waals surface area contributed by atoms with Crippen LogP contribution >= 0.6 is 15.3 Å². The summed E-state index contributed by atoms with van der Waals surface area (Å²) in [5.41, 5.74) is 0. The lowest BCUT2D eigenvalue weighted by molar-refractivity contribution is 0.345. The standard InChI is InChI=1S/C9H24BrN3Si/c1-7-11(4)14(10,12(5)8-2)13(6)9-3/h7-9H2,1-6H3. The molecule has 0 spiro atoms. The van der Waals surface area contributed by atoms with Crippen LogP contribution in [0, 0.1) is 0 Å².